The van der Waals surface area contributed by atoms with E-state index in [-0.39, 0.29) is 18.0 Å². The van der Waals surface area contributed by atoms with E-state index in [9.17, 15) is 9.59 Å². The van der Waals surface area contributed by atoms with Crippen molar-refractivity contribution >= 4 is 39.1 Å². The Hall–Kier alpha value is -2.08. The third kappa shape index (κ3) is 3.22. The van der Waals surface area contributed by atoms with E-state index in [4.69, 9.17) is 5.11 Å². The van der Waals surface area contributed by atoms with E-state index < -0.39 is 5.97 Å². The fourth-order valence-electron chi connectivity index (χ4n) is 2.90. The minimum atomic E-state index is -0.729. The number of urea groups is 1. The van der Waals surface area contributed by atoms with Gasteiger partial charge in [-0.3, -0.25) is 4.79 Å². The second-order valence-electron chi connectivity index (χ2n) is 5.63. The van der Waals surface area contributed by atoms with Crippen LogP contribution in [0.4, 0.5) is 10.5 Å². The Bertz CT molecular complexity index is 690. The van der Waals surface area contributed by atoms with Crippen molar-refractivity contribution in [1.82, 2.24) is 5.32 Å². The zero-order chi connectivity index (χ0) is 15.5. The zero-order valence-electron chi connectivity index (χ0n) is 12.0. The first-order chi connectivity index (χ1) is 10.6. The molecule has 0 bridgehead atoms. The summed E-state index contributed by atoms with van der Waals surface area (Å²) in [6.45, 7) is 0. The molecule has 5 nitrogen and oxygen atoms in total. The molecular weight excluding hydrogens is 300 g/mol. The molecule has 1 saturated carbocycles. The molecule has 3 rings (SSSR count). The zero-order valence-corrected chi connectivity index (χ0v) is 12.9. The molecule has 0 unspecified atom stereocenters. The number of carbonyl (C=O) groups excluding carboxylic acids is 1. The van der Waals surface area contributed by atoms with Gasteiger partial charge in [-0.25, -0.2) is 4.79 Å². The van der Waals surface area contributed by atoms with Crippen LogP contribution in [0.25, 0.3) is 10.1 Å². The average molecular weight is 318 g/mol. The Labute approximate surface area is 132 Å². The molecule has 3 N–H and O–H groups in total. The van der Waals surface area contributed by atoms with Gasteiger partial charge < -0.3 is 15.7 Å². The van der Waals surface area contributed by atoms with Gasteiger partial charge in [0.15, 0.2) is 0 Å². The van der Waals surface area contributed by atoms with Crippen molar-refractivity contribution in [2.45, 2.75) is 31.7 Å². The van der Waals surface area contributed by atoms with Crippen molar-refractivity contribution in [3.63, 3.8) is 0 Å². The fraction of sp³-hybridized carbons (Fsp3) is 0.375. The lowest BCUT2D eigenvalue weighted by atomic mass is 9.86. The van der Waals surface area contributed by atoms with Gasteiger partial charge in [0, 0.05) is 21.5 Å². The number of carboxylic acids is 1. The molecule has 0 saturated heterocycles. The normalized spacial score (nSPS) is 21.5. The summed E-state index contributed by atoms with van der Waals surface area (Å²) < 4.78 is 1.14. The summed E-state index contributed by atoms with van der Waals surface area (Å²) in [5, 5.41) is 17.8. The molecule has 1 aromatic heterocycles. The summed E-state index contributed by atoms with van der Waals surface area (Å²) in [6, 6.07) is 7.77. The smallest absolute Gasteiger partial charge is 0.319 e. The maximum absolute atomic E-state index is 12.1. The third-order valence-electron chi connectivity index (χ3n) is 4.14. The first kappa shape index (κ1) is 14.8. The maximum Gasteiger partial charge on any atom is 0.319 e. The van der Waals surface area contributed by atoms with Crippen molar-refractivity contribution in [3.05, 3.63) is 29.6 Å². The molecule has 0 atom stereocenters. The van der Waals surface area contributed by atoms with Gasteiger partial charge in [0.05, 0.1) is 11.6 Å². The van der Waals surface area contributed by atoms with Crippen LogP contribution in [-0.4, -0.2) is 23.1 Å². The van der Waals surface area contributed by atoms with Gasteiger partial charge in [0.1, 0.15) is 0 Å². The molecule has 1 aliphatic carbocycles. The van der Waals surface area contributed by atoms with Crippen LogP contribution in [0.3, 0.4) is 0 Å². The number of anilines is 1. The number of hydrogen-bond donors (Lipinski definition) is 3. The predicted molar refractivity (Wildman–Crippen MR) is 87.4 cm³/mol. The highest BCUT2D eigenvalue weighted by atomic mass is 32.1. The number of amides is 2. The number of carbonyl (C=O) groups is 2. The summed E-state index contributed by atoms with van der Waals surface area (Å²) in [5.41, 5.74) is 0.817. The lowest BCUT2D eigenvalue weighted by molar-refractivity contribution is -0.142. The highest BCUT2D eigenvalue weighted by Gasteiger charge is 2.26. The molecule has 1 heterocycles. The van der Waals surface area contributed by atoms with Crippen molar-refractivity contribution in [2.24, 2.45) is 5.92 Å². The van der Waals surface area contributed by atoms with Crippen LogP contribution in [0.15, 0.2) is 29.6 Å². The van der Waals surface area contributed by atoms with Gasteiger partial charge in [-0.1, -0.05) is 18.2 Å². The maximum atomic E-state index is 12.1. The highest BCUT2D eigenvalue weighted by molar-refractivity contribution is 7.17. The largest absolute Gasteiger partial charge is 0.481 e. The Morgan fingerprint density at radius 3 is 2.59 bits per heavy atom. The molecular formula is C16H18N2O3S. The standard InChI is InChI=1S/C16H18N2O3S/c19-15(20)10-5-7-11(8-6-10)17-16(21)18-13-9-22-14-4-2-1-3-12(13)14/h1-4,9-11H,5-8H2,(H,19,20)(H2,17,18,21). The van der Waals surface area contributed by atoms with Gasteiger partial charge in [-0.2, -0.15) is 0 Å². The van der Waals surface area contributed by atoms with Crippen molar-refractivity contribution < 1.29 is 14.7 Å². The van der Waals surface area contributed by atoms with Crippen LogP contribution in [-0.2, 0) is 4.79 Å². The number of benzene rings is 1. The summed E-state index contributed by atoms with van der Waals surface area (Å²) in [4.78, 5) is 23.0. The third-order valence-corrected chi connectivity index (χ3v) is 5.10. The first-order valence-corrected chi connectivity index (χ1v) is 8.28. The summed E-state index contributed by atoms with van der Waals surface area (Å²) in [5.74, 6) is -0.991. The van der Waals surface area contributed by atoms with Crippen LogP contribution in [0.5, 0.6) is 0 Å². The summed E-state index contributed by atoms with van der Waals surface area (Å²) in [6.07, 6.45) is 2.69. The van der Waals surface area contributed by atoms with Gasteiger partial charge in [-0.05, 0) is 31.7 Å². The summed E-state index contributed by atoms with van der Waals surface area (Å²) in [7, 11) is 0. The van der Waals surface area contributed by atoms with Crippen molar-refractivity contribution in [1.29, 1.82) is 0 Å². The molecule has 0 radical (unpaired) electrons. The number of hydrogen-bond acceptors (Lipinski definition) is 3. The van der Waals surface area contributed by atoms with E-state index in [2.05, 4.69) is 10.6 Å². The molecule has 6 heteroatoms. The number of carboxylic acid groups (broad SMARTS) is 1. The van der Waals surface area contributed by atoms with E-state index >= 15 is 0 Å². The second kappa shape index (κ2) is 6.36. The van der Waals surface area contributed by atoms with E-state index in [1.54, 1.807) is 11.3 Å². The van der Waals surface area contributed by atoms with E-state index in [1.165, 1.54) is 0 Å². The van der Waals surface area contributed by atoms with Crippen molar-refractivity contribution in [2.75, 3.05) is 5.32 Å². The topological polar surface area (TPSA) is 78.4 Å². The molecule has 22 heavy (non-hydrogen) atoms. The molecule has 1 aliphatic rings. The molecule has 2 aromatic rings. The second-order valence-corrected chi connectivity index (χ2v) is 6.54. The quantitative estimate of drug-likeness (QED) is 0.808. The molecule has 0 spiro atoms. The number of rotatable bonds is 3. The predicted octanol–water partition coefficient (Wildman–Crippen LogP) is 3.67. The lowest BCUT2D eigenvalue weighted by Crippen LogP contribution is -2.40. The number of thiophene rings is 1. The number of fused-ring (bicyclic) bond motifs is 1. The van der Waals surface area contributed by atoms with Gasteiger partial charge >= 0.3 is 12.0 Å². The van der Waals surface area contributed by atoms with Crippen LogP contribution in [0.2, 0.25) is 0 Å². The van der Waals surface area contributed by atoms with E-state index in [0.29, 0.717) is 12.8 Å². The fourth-order valence-corrected chi connectivity index (χ4v) is 3.80. The van der Waals surface area contributed by atoms with Crippen molar-refractivity contribution in [3.8, 4) is 0 Å². The van der Waals surface area contributed by atoms with Gasteiger partial charge in [-0.15, -0.1) is 11.3 Å². The number of nitrogens with one attached hydrogen (secondary N) is 2. The summed E-state index contributed by atoms with van der Waals surface area (Å²) >= 11 is 1.60. The molecule has 2 amide bonds. The SMILES string of the molecule is O=C(Nc1csc2ccccc12)NC1CCC(C(=O)O)CC1. The van der Waals surface area contributed by atoms with Crippen LogP contribution in [0, 0.1) is 5.92 Å². The average Bonchev–Trinajstić information content (AvgIpc) is 2.91. The minimum absolute atomic E-state index is 0.0560. The van der Waals surface area contributed by atoms with Crippen LogP contribution < -0.4 is 10.6 Å². The van der Waals surface area contributed by atoms with Gasteiger partial charge in [0.25, 0.3) is 0 Å². The Balaban J connectivity index is 1.56. The first-order valence-electron chi connectivity index (χ1n) is 7.40. The lowest BCUT2D eigenvalue weighted by Gasteiger charge is -2.26. The minimum Gasteiger partial charge on any atom is -0.481 e. The number of aliphatic carboxylic acids is 1. The van der Waals surface area contributed by atoms with E-state index in [0.717, 1.165) is 28.6 Å². The molecule has 1 fully saturated rings. The van der Waals surface area contributed by atoms with E-state index in [1.807, 2.05) is 29.6 Å². The van der Waals surface area contributed by atoms with Crippen LogP contribution in [0.1, 0.15) is 25.7 Å². The van der Waals surface area contributed by atoms with Crippen LogP contribution >= 0.6 is 11.3 Å². The Morgan fingerprint density at radius 1 is 1.14 bits per heavy atom. The molecule has 1 aromatic carbocycles. The van der Waals surface area contributed by atoms with Gasteiger partial charge in [0.2, 0.25) is 0 Å². The highest BCUT2D eigenvalue weighted by Crippen LogP contribution is 2.30. The molecule has 116 valence electrons. The Morgan fingerprint density at radius 2 is 1.86 bits per heavy atom. The molecule has 0 aliphatic heterocycles. The Kier molecular flexibility index (Phi) is 4.29. The monoisotopic (exact) mass is 318 g/mol.